The van der Waals surface area contributed by atoms with Gasteiger partial charge in [-0.05, 0) is 29.8 Å². The molecule has 0 spiro atoms. The maximum atomic E-state index is 12.7. The number of benzene rings is 2. The number of thiazole rings is 1. The van der Waals surface area contributed by atoms with Crippen LogP contribution in [0.15, 0.2) is 46.3 Å². The van der Waals surface area contributed by atoms with Crippen molar-refractivity contribution < 1.29 is 27.4 Å². The summed E-state index contributed by atoms with van der Waals surface area (Å²) in [5.41, 5.74) is 1.47. The first-order chi connectivity index (χ1) is 14.8. The Morgan fingerprint density at radius 3 is 2.26 bits per heavy atom. The second-order valence-corrected chi connectivity index (χ2v) is 9.77. The van der Waals surface area contributed by atoms with E-state index >= 15 is 0 Å². The van der Waals surface area contributed by atoms with Gasteiger partial charge in [0.05, 0.1) is 32.1 Å². The van der Waals surface area contributed by atoms with E-state index in [2.05, 4.69) is 4.99 Å². The average Bonchev–Trinajstić information content (AvgIpc) is 3.09. The first-order valence-corrected chi connectivity index (χ1v) is 12.1. The van der Waals surface area contributed by atoms with E-state index in [-0.39, 0.29) is 17.2 Å². The molecule has 0 fully saturated rings. The van der Waals surface area contributed by atoms with Gasteiger partial charge in [0.2, 0.25) is 0 Å². The quantitative estimate of drug-likeness (QED) is 0.508. The van der Waals surface area contributed by atoms with E-state index < -0.39 is 9.84 Å². The highest BCUT2D eigenvalue weighted by Gasteiger charge is 2.16. The number of rotatable bonds is 8. The van der Waals surface area contributed by atoms with Gasteiger partial charge in [0.15, 0.2) is 14.6 Å². The molecule has 2 aromatic carbocycles. The molecule has 1 amide bonds. The Morgan fingerprint density at radius 1 is 1.03 bits per heavy atom. The lowest BCUT2D eigenvalue weighted by Gasteiger charge is -2.09. The fourth-order valence-corrected chi connectivity index (χ4v) is 4.92. The second kappa shape index (κ2) is 9.63. The number of amides is 1. The topological polar surface area (TPSA) is 96.2 Å². The number of ether oxygens (including phenoxy) is 3. The zero-order chi connectivity index (χ0) is 22.6. The summed E-state index contributed by atoms with van der Waals surface area (Å²) in [6.07, 6.45) is 1.20. The number of hydrogen-bond donors (Lipinski definition) is 0. The Balaban J connectivity index is 2.02. The predicted molar refractivity (Wildman–Crippen MR) is 119 cm³/mol. The van der Waals surface area contributed by atoms with Crippen LogP contribution < -0.4 is 14.3 Å². The molecule has 31 heavy (non-hydrogen) atoms. The Kier molecular flexibility index (Phi) is 7.14. The number of hydrogen-bond acceptors (Lipinski definition) is 7. The molecule has 0 saturated carbocycles. The molecular weight excluding hydrogens is 440 g/mol. The van der Waals surface area contributed by atoms with E-state index in [1.165, 1.54) is 23.5 Å². The van der Waals surface area contributed by atoms with E-state index in [0.29, 0.717) is 35.0 Å². The minimum atomic E-state index is -3.28. The molecule has 0 aliphatic heterocycles. The molecular formula is C21H24N2O6S2. The third-order valence-electron chi connectivity index (χ3n) is 4.64. The first kappa shape index (κ1) is 23.0. The van der Waals surface area contributed by atoms with Crippen molar-refractivity contribution in [1.29, 1.82) is 0 Å². The van der Waals surface area contributed by atoms with Gasteiger partial charge in [-0.3, -0.25) is 4.79 Å². The summed E-state index contributed by atoms with van der Waals surface area (Å²) in [4.78, 5) is 17.7. The van der Waals surface area contributed by atoms with Crippen LogP contribution >= 0.6 is 11.3 Å². The van der Waals surface area contributed by atoms with Crippen LogP contribution in [0.2, 0.25) is 0 Å². The molecule has 0 unspecified atom stereocenters. The van der Waals surface area contributed by atoms with Gasteiger partial charge in [-0.25, -0.2) is 8.42 Å². The minimum absolute atomic E-state index is 0.0524. The first-order valence-electron chi connectivity index (χ1n) is 9.38. The lowest BCUT2D eigenvalue weighted by atomic mass is 10.1. The van der Waals surface area contributed by atoms with Crippen molar-refractivity contribution in [2.75, 3.05) is 34.2 Å². The number of carbonyl (C=O) groups excluding carboxylic acids is 1. The van der Waals surface area contributed by atoms with E-state index in [0.717, 1.165) is 16.5 Å². The third-order valence-corrected chi connectivity index (χ3v) is 6.86. The van der Waals surface area contributed by atoms with Crippen LogP contribution in [0.1, 0.15) is 5.56 Å². The Labute approximate surface area is 184 Å². The number of fused-ring (bicyclic) bond motifs is 1. The Morgan fingerprint density at radius 2 is 1.68 bits per heavy atom. The van der Waals surface area contributed by atoms with Crippen LogP contribution in [-0.2, 0) is 32.3 Å². The molecule has 8 nitrogen and oxygen atoms in total. The molecule has 1 heterocycles. The normalized spacial score (nSPS) is 12.3. The number of sulfone groups is 1. The number of aromatic nitrogens is 1. The standard InChI is InChI=1S/C21H24N2O6S2/c1-27-12-11-23-19-16(28-2)9-10-17(29-3)20(19)30-21(23)22-18(24)13-14-5-7-15(8-6-14)31(4,25)26/h5-10H,11-13H2,1-4H3. The van der Waals surface area contributed by atoms with Crippen LogP contribution in [0.4, 0.5) is 0 Å². The summed E-state index contributed by atoms with van der Waals surface area (Å²) in [6, 6.07) is 9.86. The summed E-state index contributed by atoms with van der Waals surface area (Å²) in [6.45, 7) is 0.912. The monoisotopic (exact) mass is 464 g/mol. The minimum Gasteiger partial charge on any atom is -0.495 e. The molecule has 0 saturated heterocycles. The lowest BCUT2D eigenvalue weighted by molar-refractivity contribution is -0.117. The van der Waals surface area contributed by atoms with Crippen LogP contribution in [0.3, 0.4) is 0 Å². The smallest absolute Gasteiger partial charge is 0.252 e. The van der Waals surface area contributed by atoms with Crippen molar-refractivity contribution in [3.63, 3.8) is 0 Å². The molecule has 10 heteroatoms. The summed E-state index contributed by atoms with van der Waals surface area (Å²) >= 11 is 1.34. The van der Waals surface area contributed by atoms with Crippen molar-refractivity contribution >= 4 is 37.3 Å². The highest BCUT2D eigenvalue weighted by atomic mass is 32.2. The molecule has 0 bridgehead atoms. The van der Waals surface area contributed by atoms with E-state index in [4.69, 9.17) is 14.2 Å². The maximum Gasteiger partial charge on any atom is 0.252 e. The maximum absolute atomic E-state index is 12.7. The molecule has 3 rings (SSSR count). The van der Waals surface area contributed by atoms with Crippen LogP contribution in [-0.4, -0.2) is 53.1 Å². The van der Waals surface area contributed by atoms with E-state index in [9.17, 15) is 13.2 Å². The van der Waals surface area contributed by atoms with Crippen molar-refractivity contribution in [3.8, 4) is 11.5 Å². The molecule has 1 aromatic heterocycles. The molecule has 166 valence electrons. The van der Waals surface area contributed by atoms with Gasteiger partial charge in [-0.15, -0.1) is 0 Å². The van der Waals surface area contributed by atoms with Gasteiger partial charge < -0.3 is 18.8 Å². The zero-order valence-corrected chi connectivity index (χ0v) is 19.4. The molecule has 0 radical (unpaired) electrons. The summed E-state index contributed by atoms with van der Waals surface area (Å²) in [5, 5.41) is 0. The Hall–Kier alpha value is -2.69. The highest BCUT2D eigenvalue weighted by Crippen LogP contribution is 2.35. The van der Waals surface area contributed by atoms with Crippen molar-refractivity contribution in [2.45, 2.75) is 17.9 Å². The molecule has 0 atom stereocenters. The average molecular weight is 465 g/mol. The molecule has 0 aliphatic carbocycles. The van der Waals surface area contributed by atoms with Gasteiger partial charge in [-0.2, -0.15) is 4.99 Å². The molecule has 0 aliphatic rings. The van der Waals surface area contributed by atoms with E-state index in [1.807, 2.05) is 16.7 Å². The number of methoxy groups -OCH3 is 3. The Bertz CT molecular complexity index is 1260. The van der Waals surface area contributed by atoms with Crippen LogP contribution in [0.25, 0.3) is 10.2 Å². The summed E-state index contributed by atoms with van der Waals surface area (Å²) in [7, 11) is 1.49. The van der Waals surface area contributed by atoms with Crippen LogP contribution in [0.5, 0.6) is 11.5 Å². The fraction of sp³-hybridized carbons (Fsp3) is 0.333. The van der Waals surface area contributed by atoms with Gasteiger partial charge in [0.25, 0.3) is 5.91 Å². The largest absolute Gasteiger partial charge is 0.495 e. The number of nitrogens with zero attached hydrogens (tertiary/aromatic N) is 2. The van der Waals surface area contributed by atoms with E-state index in [1.54, 1.807) is 33.5 Å². The zero-order valence-electron chi connectivity index (χ0n) is 17.7. The van der Waals surface area contributed by atoms with Crippen molar-refractivity contribution in [3.05, 3.63) is 46.8 Å². The SMILES string of the molecule is COCCn1c(=NC(=O)Cc2ccc(S(C)(=O)=O)cc2)sc2c(OC)ccc(OC)c21. The van der Waals surface area contributed by atoms with Crippen LogP contribution in [0, 0.1) is 0 Å². The van der Waals surface area contributed by atoms with Gasteiger partial charge in [0, 0.05) is 19.9 Å². The predicted octanol–water partition coefficient (Wildman–Crippen LogP) is 2.44. The van der Waals surface area contributed by atoms with Gasteiger partial charge in [0.1, 0.15) is 21.7 Å². The molecule has 0 N–H and O–H groups in total. The number of carbonyl (C=O) groups is 1. The molecule has 3 aromatic rings. The summed E-state index contributed by atoms with van der Waals surface area (Å²) in [5.74, 6) is 0.966. The fourth-order valence-electron chi connectivity index (χ4n) is 3.10. The lowest BCUT2D eigenvalue weighted by Crippen LogP contribution is -2.20. The van der Waals surface area contributed by atoms with Crippen molar-refractivity contribution in [2.24, 2.45) is 4.99 Å². The second-order valence-electron chi connectivity index (χ2n) is 6.78. The third kappa shape index (κ3) is 5.15. The van der Waals surface area contributed by atoms with Gasteiger partial charge in [-0.1, -0.05) is 23.5 Å². The summed E-state index contributed by atoms with van der Waals surface area (Å²) < 4.78 is 42.1. The van der Waals surface area contributed by atoms with Crippen molar-refractivity contribution in [1.82, 2.24) is 4.57 Å². The van der Waals surface area contributed by atoms with Gasteiger partial charge >= 0.3 is 0 Å². The highest BCUT2D eigenvalue weighted by molar-refractivity contribution is 7.90.